The second-order valence-electron chi connectivity index (χ2n) is 4.52. The molecule has 0 radical (unpaired) electrons. The monoisotopic (exact) mass is 316 g/mol. The molecule has 20 heavy (non-hydrogen) atoms. The first kappa shape index (κ1) is 15.2. The number of benzene rings is 1. The lowest BCUT2D eigenvalue weighted by atomic mass is 10.1. The van der Waals surface area contributed by atoms with Crippen LogP contribution in [0.4, 0.5) is 4.39 Å². The second-order valence-corrected chi connectivity index (χ2v) is 5.30. The van der Waals surface area contributed by atoms with Crippen LogP contribution in [-0.2, 0) is 13.5 Å². The van der Waals surface area contributed by atoms with Gasteiger partial charge in [-0.15, -0.1) is 0 Å². The highest BCUT2D eigenvalue weighted by Crippen LogP contribution is 2.32. The van der Waals surface area contributed by atoms with Gasteiger partial charge >= 0.3 is 0 Å². The van der Waals surface area contributed by atoms with E-state index >= 15 is 0 Å². The molecule has 108 valence electrons. The number of nitrogens with zero attached hydrogens (tertiary/aromatic N) is 3. The summed E-state index contributed by atoms with van der Waals surface area (Å²) in [6.07, 6.45) is 2.33. The first-order chi connectivity index (χ1) is 9.49. The molecule has 1 unspecified atom stereocenters. The molecular formula is C13H15Cl2FN4. The zero-order chi connectivity index (χ0) is 14.7. The summed E-state index contributed by atoms with van der Waals surface area (Å²) in [5, 5.41) is 7.94. The average molecular weight is 317 g/mol. The highest BCUT2D eigenvalue weighted by atomic mass is 35.5. The molecule has 7 heteroatoms. The van der Waals surface area contributed by atoms with Gasteiger partial charge < -0.3 is 5.32 Å². The van der Waals surface area contributed by atoms with Crippen molar-refractivity contribution in [2.45, 2.75) is 19.4 Å². The van der Waals surface area contributed by atoms with Gasteiger partial charge in [-0.2, -0.15) is 5.10 Å². The lowest BCUT2D eigenvalue weighted by Gasteiger charge is -2.17. The molecule has 0 saturated carbocycles. The summed E-state index contributed by atoms with van der Waals surface area (Å²) in [5.74, 6) is 0.287. The van der Waals surface area contributed by atoms with Gasteiger partial charge in [0.1, 0.15) is 12.1 Å². The highest BCUT2D eigenvalue weighted by Gasteiger charge is 2.16. The van der Waals surface area contributed by atoms with Gasteiger partial charge in [-0.1, -0.05) is 23.2 Å². The molecule has 1 aromatic heterocycles. The first-order valence-corrected chi connectivity index (χ1v) is 6.96. The molecule has 2 rings (SSSR count). The van der Waals surface area contributed by atoms with E-state index in [1.807, 2.05) is 14.0 Å². The Hall–Kier alpha value is -1.17. The Morgan fingerprint density at radius 2 is 2.15 bits per heavy atom. The molecule has 0 amide bonds. The fourth-order valence-corrected chi connectivity index (χ4v) is 2.64. The van der Waals surface area contributed by atoms with Gasteiger partial charge in [0.2, 0.25) is 0 Å². The van der Waals surface area contributed by atoms with E-state index in [-0.39, 0.29) is 11.1 Å². The van der Waals surface area contributed by atoms with Gasteiger partial charge in [0.15, 0.2) is 5.82 Å². The van der Waals surface area contributed by atoms with E-state index in [0.717, 1.165) is 5.82 Å². The minimum atomic E-state index is -0.467. The van der Waals surface area contributed by atoms with Crippen molar-refractivity contribution in [3.63, 3.8) is 0 Å². The standard InChI is InChI=1S/C13H15Cl2FN4/c1-8(12-9(14)3-4-10(16)13(12)15)17-6-5-11-18-7-20(2)19-11/h3-4,7-8,17H,5-6H2,1-2H3. The van der Waals surface area contributed by atoms with Crippen molar-refractivity contribution in [2.24, 2.45) is 7.05 Å². The third kappa shape index (κ3) is 3.48. The van der Waals surface area contributed by atoms with Gasteiger partial charge in [-0.25, -0.2) is 9.37 Å². The third-order valence-corrected chi connectivity index (χ3v) is 3.67. The molecule has 1 heterocycles. The van der Waals surface area contributed by atoms with Crippen molar-refractivity contribution >= 4 is 23.2 Å². The van der Waals surface area contributed by atoms with Crippen molar-refractivity contribution < 1.29 is 4.39 Å². The van der Waals surface area contributed by atoms with Crippen LogP contribution in [0.15, 0.2) is 18.5 Å². The van der Waals surface area contributed by atoms with Crippen LogP contribution in [0, 0.1) is 5.82 Å². The summed E-state index contributed by atoms with van der Waals surface area (Å²) in [7, 11) is 1.82. The number of rotatable bonds is 5. The third-order valence-electron chi connectivity index (χ3n) is 2.96. The SMILES string of the molecule is CC(NCCc1ncn(C)n1)c1c(Cl)ccc(F)c1Cl. The summed E-state index contributed by atoms with van der Waals surface area (Å²) < 4.78 is 15.1. The lowest BCUT2D eigenvalue weighted by molar-refractivity contribution is 0.561. The van der Waals surface area contributed by atoms with Gasteiger partial charge in [-0.05, 0) is 19.1 Å². The Labute approximate surface area is 126 Å². The summed E-state index contributed by atoms with van der Waals surface area (Å²) in [4.78, 5) is 4.13. The van der Waals surface area contributed by atoms with E-state index in [4.69, 9.17) is 23.2 Å². The lowest BCUT2D eigenvalue weighted by Crippen LogP contribution is -2.22. The zero-order valence-electron chi connectivity index (χ0n) is 11.2. The quantitative estimate of drug-likeness (QED) is 0.862. The van der Waals surface area contributed by atoms with Gasteiger partial charge in [0, 0.05) is 36.6 Å². The maximum Gasteiger partial charge on any atom is 0.151 e. The summed E-state index contributed by atoms with van der Waals surface area (Å²) in [6, 6.07) is 2.62. The van der Waals surface area contributed by atoms with Crippen molar-refractivity contribution in [3.8, 4) is 0 Å². The van der Waals surface area contributed by atoms with Gasteiger partial charge in [0.25, 0.3) is 0 Å². The molecule has 0 spiro atoms. The normalized spacial score (nSPS) is 12.7. The van der Waals surface area contributed by atoms with Crippen LogP contribution in [0.3, 0.4) is 0 Å². The van der Waals surface area contributed by atoms with E-state index in [9.17, 15) is 4.39 Å². The van der Waals surface area contributed by atoms with E-state index in [2.05, 4.69) is 15.4 Å². The number of nitrogens with one attached hydrogen (secondary N) is 1. The molecule has 2 aromatic rings. The molecule has 1 aromatic carbocycles. The van der Waals surface area contributed by atoms with Crippen LogP contribution in [-0.4, -0.2) is 21.3 Å². The molecule has 0 saturated heterocycles. The molecule has 1 N–H and O–H groups in total. The second kappa shape index (κ2) is 6.52. The van der Waals surface area contributed by atoms with Crippen LogP contribution >= 0.6 is 23.2 Å². The smallest absolute Gasteiger partial charge is 0.151 e. The predicted octanol–water partition coefficient (Wildman–Crippen LogP) is 3.15. The predicted molar refractivity (Wildman–Crippen MR) is 77.5 cm³/mol. The first-order valence-electron chi connectivity index (χ1n) is 6.20. The van der Waals surface area contributed by atoms with Crippen molar-refractivity contribution in [1.29, 1.82) is 0 Å². The van der Waals surface area contributed by atoms with Crippen LogP contribution in [0.25, 0.3) is 0 Å². The van der Waals surface area contributed by atoms with E-state index < -0.39 is 5.82 Å². The Kier molecular flexibility index (Phi) is 4.96. The van der Waals surface area contributed by atoms with Gasteiger partial charge in [-0.3, -0.25) is 4.68 Å². The zero-order valence-corrected chi connectivity index (χ0v) is 12.7. The molecule has 0 aliphatic rings. The van der Waals surface area contributed by atoms with Gasteiger partial charge in [0.05, 0.1) is 5.02 Å². The van der Waals surface area contributed by atoms with E-state index in [1.165, 1.54) is 12.1 Å². The summed E-state index contributed by atoms with van der Waals surface area (Å²) >= 11 is 12.0. The van der Waals surface area contributed by atoms with Crippen molar-refractivity contribution in [3.05, 3.63) is 45.7 Å². The van der Waals surface area contributed by atoms with Crippen LogP contribution in [0.1, 0.15) is 24.4 Å². The molecule has 0 bridgehead atoms. The van der Waals surface area contributed by atoms with Crippen LogP contribution in [0.2, 0.25) is 10.0 Å². The Morgan fingerprint density at radius 1 is 1.40 bits per heavy atom. The topological polar surface area (TPSA) is 42.7 Å². The molecule has 4 nitrogen and oxygen atoms in total. The largest absolute Gasteiger partial charge is 0.310 e. The maximum atomic E-state index is 13.5. The Bertz CT molecular complexity index is 600. The number of halogens is 3. The highest BCUT2D eigenvalue weighted by molar-refractivity contribution is 6.36. The van der Waals surface area contributed by atoms with Crippen LogP contribution in [0.5, 0.6) is 0 Å². The summed E-state index contributed by atoms with van der Waals surface area (Å²) in [6.45, 7) is 2.53. The minimum absolute atomic E-state index is 0.0634. The van der Waals surface area contributed by atoms with E-state index in [0.29, 0.717) is 23.6 Å². The maximum absolute atomic E-state index is 13.5. The fraction of sp³-hybridized carbons (Fsp3) is 0.385. The fourth-order valence-electron chi connectivity index (χ4n) is 1.94. The number of aryl methyl sites for hydroxylation is 1. The molecule has 0 aliphatic heterocycles. The number of aromatic nitrogens is 3. The summed E-state index contributed by atoms with van der Waals surface area (Å²) in [5.41, 5.74) is 0.572. The molecule has 0 aliphatic carbocycles. The average Bonchev–Trinajstić information content (AvgIpc) is 2.80. The number of hydrogen-bond donors (Lipinski definition) is 1. The number of hydrogen-bond acceptors (Lipinski definition) is 3. The Balaban J connectivity index is 1.98. The van der Waals surface area contributed by atoms with Crippen LogP contribution < -0.4 is 5.32 Å². The molecule has 1 atom stereocenters. The van der Waals surface area contributed by atoms with E-state index in [1.54, 1.807) is 11.0 Å². The molecular weight excluding hydrogens is 302 g/mol. The van der Waals surface area contributed by atoms with Crippen molar-refractivity contribution in [1.82, 2.24) is 20.1 Å². The molecule has 0 fully saturated rings. The van der Waals surface area contributed by atoms with Crippen molar-refractivity contribution in [2.75, 3.05) is 6.54 Å². The Morgan fingerprint density at radius 3 is 2.80 bits per heavy atom. The minimum Gasteiger partial charge on any atom is -0.310 e.